The van der Waals surface area contributed by atoms with E-state index in [9.17, 15) is 107 Å². The molecular weight excluding hydrogens is 1630 g/mol. The van der Waals surface area contributed by atoms with Crippen molar-refractivity contribution in [2.45, 2.75) is 229 Å². The fourth-order valence-electron chi connectivity index (χ4n) is 12.4. The lowest BCUT2D eigenvalue weighted by Gasteiger charge is -2.29. The van der Waals surface area contributed by atoms with Gasteiger partial charge < -0.3 is 129 Å². The van der Waals surface area contributed by atoms with Crippen LogP contribution in [-0.4, -0.2) is 249 Å². The summed E-state index contributed by atoms with van der Waals surface area (Å²) in [7, 11) is 0. The summed E-state index contributed by atoms with van der Waals surface area (Å²) in [5.74, 6) is -19.4. The van der Waals surface area contributed by atoms with Crippen molar-refractivity contribution >= 4 is 118 Å². The highest BCUT2D eigenvalue weighted by Gasteiger charge is 2.39. The Morgan fingerprint density at radius 3 is 1.04 bits per heavy atom. The smallest absolute Gasteiger partial charge is 0.303 e. The monoisotopic (exact) mass is 1750 g/mol. The number of phenolic OH excluding ortho intramolecular Hbond substituents is 2. The van der Waals surface area contributed by atoms with Crippen molar-refractivity contribution < 1.29 is 107 Å². The minimum atomic E-state index is -1.78. The summed E-state index contributed by atoms with van der Waals surface area (Å²) in [6.07, 6.45) is -1.76. The highest BCUT2D eigenvalue weighted by molar-refractivity contribution is 7.98. The van der Waals surface area contributed by atoms with Crippen LogP contribution in [0.1, 0.15) is 148 Å². The molecule has 42 nitrogen and oxygen atoms in total. The lowest BCUT2D eigenvalue weighted by atomic mass is 9.99. The maximum absolute atomic E-state index is 14.9. The third kappa shape index (κ3) is 40.3. The standard InChI is InChI=1S/C80H122N20O22S/c1-43(2)65(100-74(117)54(88-45(5)102)29-32-63(106)107)78(121)94-56(30-33-64(108)109)71(114)89-51(17-10-12-35-81)68(111)96-59(40-46-15-8-7-9-16-46)75(118)93-57(34-38-123-6)72(115)90-52(18-11-13-36-82)73(116)99-66(44(3)4)79(122)97-60(41-48-22-26-50(104)27-23-48)76(119)92-55(28-31-62(83)105)70(113)91-53(19-14-37-87-80(85)86)69(112)98-61(42-101)77(120)95-58(67(84)110)39-47-20-24-49(103)25-21-47/h7-9,15-16,20-27,43-44,51-61,65-66,101,103-104H,10-14,17-19,28-42,81-82H2,1-6H3,(H2,83,105)(H2,84,110)(H,88,102)(H,89,114)(H,90,115)(H,91,113)(H,92,119)(H,93,118)(H,94,121)(H,95,120)(H,96,111)(H,97,122)(H,98,112)(H,99,116)(H,100,117)(H,106,107)(H,108,109)(H4,85,86,87)/t51-,52-,53-,54-,55-,56-,57-,58-,59-,60-,61-,65-,66-/m0/s1. The number of phenols is 2. The minimum absolute atomic E-state index is 0.00159. The molecule has 0 aliphatic carbocycles. The number of amides is 15. The van der Waals surface area contributed by atoms with Gasteiger partial charge in [0.25, 0.3) is 0 Å². The number of hydrogen-bond acceptors (Lipinski definition) is 24. The Morgan fingerprint density at radius 2 is 0.683 bits per heavy atom. The lowest BCUT2D eigenvalue weighted by molar-refractivity contribution is -0.139. The van der Waals surface area contributed by atoms with Gasteiger partial charge in [0, 0.05) is 52.0 Å². The van der Waals surface area contributed by atoms with Crippen molar-refractivity contribution in [3.05, 3.63) is 95.6 Å². The maximum atomic E-state index is 14.9. The number of nitrogens with two attached hydrogens (primary N) is 5. The molecule has 3 aromatic rings. The summed E-state index contributed by atoms with van der Waals surface area (Å²) in [5, 5.41) is 92.5. The highest BCUT2D eigenvalue weighted by Crippen LogP contribution is 2.18. The van der Waals surface area contributed by atoms with Gasteiger partial charge in [0.15, 0.2) is 5.96 Å². The number of carboxylic acid groups (broad SMARTS) is 2. The number of aliphatic carboxylic acids is 2. The van der Waals surface area contributed by atoms with Crippen molar-refractivity contribution in [2.24, 2.45) is 40.5 Å². The molecule has 0 aliphatic rings. The largest absolute Gasteiger partial charge is 0.508 e. The Hall–Kier alpha value is -12.2. The van der Waals surface area contributed by atoms with Crippen LogP contribution in [0, 0.1) is 17.2 Å². The molecule has 123 heavy (non-hydrogen) atoms. The molecule has 30 N–H and O–H groups in total. The van der Waals surface area contributed by atoms with E-state index in [-0.39, 0.29) is 108 Å². The average molecular weight is 1750 g/mol. The second-order valence-electron chi connectivity index (χ2n) is 30.0. The zero-order valence-corrected chi connectivity index (χ0v) is 70.7. The number of aliphatic hydroxyl groups is 1. The van der Waals surface area contributed by atoms with Crippen LogP contribution < -0.4 is 103 Å². The fraction of sp³-hybridized carbons (Fsp3) is 0.550. The predicted molar refractivity (Wildman–Crippen MR) is 451 cm³/mol. The van der Waals surface area contributed by atoms with Gasteiger partial charge in [0.2, 0.25) is 88.6 Å². The Bertz CT molecular complexity index is 4040. The summed E-state index contributed by atoms with van der Waals surface area (Å²) >= 11 is 1.29. The lowest BCUT2D eigenvalue weighted by Crippen LogP contribution is -2.62. The van der Waals surface area contributed by atoms with Crippen molar-refractivity contribution in [1.82, 2.24) is 74.4 Å². The molecule has 0 aliphatic heterocycles. The van der Waals surface area contributed by atoms with Gasteiger partial charge >= 0.3 is 11.9 Å². The van der Waals surface area contributed by atoms with Crippen molar-refractivity contribution in [3.8, 4) is 11.5 Å². The zero-order valence-electron chi connectivity index (χ0n) is 69.9. The van der Waals surface area contributed by atoms with Gasteiger partial charge in [-0.2, -0.15) is 11.8 Å². The molecule has 0 heterocycles. The normalized spacial score (nSPS) is 14.2. The van der Waals surface area contributed by atoms with Crippen LogP contribution in [0.25, 0.3) is 0 Å². The van der Waals surface area contributed by atoms with Gasteiger partial charge in [-0.1, -0.05) is 82.3 Å². The topological polar surface area (TPSA) is 714 Å². The Balaban J connectivity index is 2.04. The minimum Gasteiger partial charge on any atom is -0.508 e. The highest BCUT2D eigenvalue weighted by atomic mass is 32.2. The Labute approximate surface area is 716 Å². The van der Waals surface area contributed by atoms with Crippen LogP contribution in [-0.2, 0) is 101 Å². The summed E-state index contributed by atoms with van der Waals surface area (Å²) < 4.78 is 0. The number of guanidine groups is 1. The Morgan fingerprint density at radius 1 is 0.374 bits per heavy atom. The number of aliphatic hydroxyl groups excluding tert-OH is 1. The van der Waals surface area contributed by atoms with E-state index in [1.165, 1.54) is 74.1 Å². The number of carbonyl (C=O) groups excluding carboxylic acids is 15. The van der Waals surface area contributed by atoms with Crippen molar-refractivity contribution in [2.75, 3.05) is 38.2 Å². The van der Waals surface area contributed by atoms with E-state index >= 15 is 0 Å². The molecule has 43 heteroatoms. The molecule has 680 valence electrons. The van der Waals surface area contributed by atoms with Gasteiger partial charge in [-0.25, -0.2) is 0 Å². The number of unbranched alkanes of at least 4 members (excludes halogenated alkanes) is 2. The van der Waals surface area contributed by atoms with E-state index in [0.29, 0.717) is 29.5 Å². The van der Waals surface area contributed by atoms with Crippen LogP contribution in [0.4, 0.5) is 0 Å². The summed E-state index contributed by atoms with van der Waals surface area (Å²) in [6, 6.07) is -0.926. The quantitative estimate of drug-likeness (QED) is 0.0144. The number of primary amides is 2. The number of rotatable bonds is 59. The van der Waals surface area contributed by atoms with Crippen LogP contribution in [0.15, 0.2) is 78.9 Å². The first-order valence-corrected chi connectivity index (χ1v) is 41.7. The first-order chi connectivity index (χ1) is 58.2. The number of thioether (sulfide) groups is 1. The summed E-state index contributed by atoms with van der Waals surface area (Å²) in [5.41, 5.74) is 29.6. The number of hydrogen-bond donors (Lipinski definition) is 25. The third-order valence-electron chi connectivity index (χ3n) is 19.2. The van der Waals surface area contributed by atoms with E-state index in [4.69, 9.17) is 34.1 Å². The van der Waals surface area contributed by atoms with E-state index in [1.807, 2.05) is 0 Å². The van der Waals surface area contributed by atoms with Gasteiger partial charge in [-0.15, -0.1) is 0 Å². The van der Waals surface area contributed by atoms with E-state index in [1.54, 1.807) is 50.4 Å². The second kappa shape index (κ2) is 55.6. The average Bonchev–Trinajstić information content (AvgIpc) is 0.846. The van der Waals surface area contributed by atoms with E-state index in [2.05, 4.69) is 74.4 Å². The Kier molecular flexibility index (Phi) is 47.5. The molecule has 0 saturated carbocycles. The number of aromatic hydroxyl groups is 2. The molecule has 0 unspecified atom stereocenters. The molecule has 0 spiro atoms. The maximum Gasteiger partial charge on any atom is 0.303 e. The number of carboxylic acids is 2. The third-order valence-corrected chi connectivity index (χ3v) is 19.9. The fourth-order valence-corrected chi connectivity index (χ4v) is 12.9. The molecule has 0 radical (unpaired) electrons. The number of nitrogens with one attached hydrogen (secondary N) is 15. The van der Waals surface area contributed by atoms with E-state index in [0.717, 1.165) is 6.92 Å². The van der Waals surface area contributed by atoms with Gasteiger partial charge in [-0.3, -0.25) is 86.9 Å². The van der Waals surface area contributed by atoms with Gasteiger partial charge in [0.05, 0.1) is 6.61 Å². The van der Waals surface area contributed by atoms with Crippen LogP contribution in [0.3, 0.4) is 0 Å². The van der Waals surface area contributed by atoms with Crippen molar-refractivity contribution in [3.63, 3.8) is 0 Å². The van der Waals surface area contributed by atoms with Crippen molar-refractivity contribution in [1.29, 1.82) is 5.41 Å². The van der Waals surface area contributed by atoms with Crippen LogP contribution in [0.2, 0.25) is 0 Å². The van der Waals surface area contributed by atoms with Crippen LogP contribution in [0.5, 0.6) is 11.5 Å². The van der Waals surface area contributed by atoms with Gasteiger partial charge in [-0.05, 0) is 155 Å². The first-order valence-electron chi connectivity index (χ1n) is 40.3. The first kappa shape index (κ1) is 105. The molecule has 0 bridgehead atoms. The van der Waals surface area contributed by atoms with Gasteiger partial charge in [0.1, 0.15) is 90.0 Å². The van der Waals surface area contributed by atoms with E-state index < -0.39 is 236 Å². The molecule has 0 saturated heterocycles. The second-order valence-corrected chi connectivity index (χ2v) is 31.0. The molecule has 15 amide bonds. The molecule has 3 rings (SSSR count). The molecule has 0 aromatic heterocycles. The predicted octanol–water partition coefficient (Wildman–Crippen LogP) is -4.49. The number of carbonyl (C=O) groups is 17. The summed E-state index contributed by atoms with van der Waals surface area (Å²) in [4.78, 5) is 234. The zero-order chi connectivity index (χ0) is 92.0. The van der Waals surface area contributed by atoms with Crippen LogP contribution >= 0.6 is 11.8 Å². The molecule has 0 fully saturated rings. The molecule has 3 aromatic carbocycles. The summed E-state index contributed by atoms with van der Waals surface area (Å²) in [6.45, 7) is 6.45. The molecule has 13 atom stereocenters. The SMILES string of the molecule is CSCC[C@H](NC(=O)[C@H](Cc1ccccc1)NC(=O)[C@H](CCCCN)NC(=O)[C@H](CCC(=O)O)NC(=O)[C@@H](NC(=O)[C@H](CCC(=O)O)NC(C)=O)C(C)C)C(=O)N[C@@H](CCCCN)C(=O)N[C@H](C(=O)N[C@@H](Cc1ccc(O)cc1)C(=O)N[C@@H](CCC(N)=O)C(=O)N[C@@H](CCCNC(=N)N)C(=O)N[C@@H](CO)C(=O)N[C@@H](Cc1ccc(O)cc1)C(N)=O)C(C)C. The molecular formula is C80H122N20O22S. The number of benzene rings is 3.